The van der Waals surface area contributed by atoms with E-state index in [1.807, 2.05) is 24.3 Å². The predicted octanol–water partition coefficient (Wildman–Crippen LogP) is 1.45. The maximum Gasteiger partial charge on any atom is 0.276 e. The van der Waals surface area contributed by atoms with Crippen LogP contribution in [0.5, 0.6) is 5.75 Å². The standard InChI is InChI=1S/C12H11N3O2/c16-12(9-5-6-13-14-9)15-7-8-17-11-4-2-1-3-10(11)15/h1-6H,7-8H2,(H,13,14). The number of carbonyl (C=O) groups is 1. The zero-order chi connectivity index (χ0) is 11.7. The number of benzene rings is 1. The third-order valence-electron chi connectivity index (χ3n) is 2.70. The summed E-state index contributed by atoms with van der Waals surface area (Å²) < 4.78 is 5.50. The van der Waals surface area contributed by atoms with Crippen LogP contribution in [0.4, 0.5) is 5.69 Å². The van der Waals surface area contributed by atoms with Crippen molar-refractivity contribution < 1.29 is 9.53 Å². The lowest BCUT2D eigenvalue weighted by atomic mass is 10.2. The Morgan fingerprint density at radius 2 is 2.24 bits per heavy atom. The number of rotatable bonds is 1. The first-order valence-corrected chi connectivity index (χ1v) is 5.39. The van der Waals surface area contributed by atoms with Crippen LogP contribution in [0.25, 0.3) is 0 Å². The smallest absolute Gasteiger partial charge is 0.276 e. The molecule has 0 radical (unpaired) electrons. The lowest BCUT2D eigenvalue weighted by Gasteiger charge is -2.28. The van der Waals surface area contributed by atoms with E-state index in [0.29, 0.717) is 18.8 Å². The van der Waals surface area contributed by atoms with Crippen LogP contribution in [0.3, 0.4) is 0 Å². The molecule has 5 nitrogen and oxygen atoms in total. The molecule has 1 aliphatic heterocycles. The summed E-state index contributed by atoms with van der Waals surface area (Å²) in [6.45, 7) is 1.06. The van der Waals surface area contributed by atoms with Gasteiger partial charge in [-0.3, -0.25) is 9.89 Å². The van der Waals surface area contributed by atoms with E-state index in [1.165, 1.54) is 0 Å². The van der Waals surface area contributed by atoms with Crippen LogP contribution in [0.15, 0.2) is 36.5 Å². The second kappa shape index (κ2) is 3.93. The molecule has 0 saturated carbocycles. The van der Waals surface area contributed by atoms with Gasteiger partial charge in [-0.2, -0.15) is 5.10 Å². The molecule has 0 unspecified atom stereocenters. The number of nitrogens with one attached hydrogen (secondary N) is 1. The Labute approximate surface area is 98.0 Å². The number of aromatic nitrogens is 2. The van der Waals surface area contributed by atoms with Crippen molar-refractivity contribution in [2.45, 2.75) is 0 Å². The lowest BCUT2D eigenvalue weighted by molar-refractivity contribution is 0.0972. The fourth-order valence-electron chi connectivity index (χ4n) is 1.90. The fourth-order valence-corrected chi connectivity index (χ4v) is 1.90. The number of amides is 1. The van der Waals surface area contributed by atoms with Gasteiger partial charge in [0.1, 0.15) is 18.1 Å². The van der Waals surface area contributed by atoms with Gasteiger partial charge in [0.25, 0.3) is 5.91 Å². The summed E-state index contributed by atoms with van der Waals surface area (Å²) in [5.74, 6) is 0.657. The molecule has 2 heterocycles. The van der Waals surface area contributed by atoms with Gasteiger partial charge in [0.05, 0.1) is 12.2 Å². The molecule has 2 aromatic rings. The fraction of sp³-hybridized carbons (Fsp3) is 0.167. The van der Waals surface area contributed by atoms with Gasteiger partial charge in [0, 0.05) is 6.20 Å². The molecule has 3 rings (SSSR count). The third kappa shape index (κ3) is 1.65. The van der Waals surface area contributed by atoms with Gasteiger partial charge >= 0.3 is 0 Å². The van der Waals surface area contributed by atoms with Crippen LogP contribution in [0.1, 0.15) is 10.5 Å². The molecule has 1 aliphatic rings. The van der Waals surface area contributed by atoms with E-state index in [0.717, 1.165) is 11.4 Å². The Morgan fingerprint density at radius 3 is 3.06 bits per heavy atom. The van der Waals surface area contributed by atoms with Crippen molar-refractivity contribution in [2.75, 3.05) is 18.1 Å². The number of hydrogen-bond donors (Lipinski definition) is 1. The summed E-state index contributed by atoms with van der Waals surface area (Å²) in [5, 5.41) is 6.47. The van der Waals surface area contributed by atoms with Crippen molar-refractivity contribution in [3.63, 3.8) is 0 Å². The highest BCUT2D eigenvalue weighted by molar-refractivity contribution is 6.05. The first-order chi connectivity index (χ1) is 8.36. The minimum absolute atomic E-state index is 0.0850. The predicted molar refractivity (Wildman–Crippen MR) is 62.2 cm³/mol. The van der Waals surface area contributed by atoms with Crippen molar-refractivity contribution in [3.8, 4) is 5.75 Å². The van der Waals surface area contributed by atoms with Gasteiger partial charge in [-0.05, 0) is 18.2 Å². The van der Waals surface area contributed by atoms with Crippen molar-refractivity contribution in [1.29, 1.82) is 0 Å². The van der Waals surface area contributed by atoms with Gasteiger partial charge in [0.15, 0.2) is 0 Å². The molecule has 1 aromatic carbocycles. The molecule has 0 spiro atoms. The molecule has 1 amide bonds. The van der Waals surface area contributed by atoms with Crippen LogP contribution >= 0.6 is 0 Å². The Kier molecular flexibility index (Phi) is 2.29. The lowest BCUT2D eigenvalue weighted by Crippen LogP contribution is -2.38. The molecule has 1 aromatic heterocycles. The first-order valence-electron chi connectivity index (χ1n) is 5.39. The second-order valence-corrected chi connectivity index (χ2v) is 3.74. The highest BCUT2D eigenvalue weighted by atomic mass is 16.5. The average Bonchev–Trinajstić information content (AvgIpc) is 2.91. The normalized spacial score (nSPS) is 14.0. The summed E-state index contributed by atoms with van der Waals surface area (Å²) in [6.07, 6.45) is 1.57. The van der Waals surface area contributed by atoms with Crippen molar-refractivity contribution in [3.05, 3.63) is 42.2 Å². The zero-order valence-electron chi connectivity index (χ0n) is 9.09. The average molecular weight is 229 g/mol. The van der Waals surface area contributed by atoms with Crippen LogP contribution < -0.4 is 9.64 Å². The number of anilines is 1. The maximum atomic E-state index is 12.2. The molecule has 86 valence electrons. The van der Waals surface area contributed by atoms with Crippen LogP contribution in [0, 0.1) is 0 Å². The van der Waals surface area contributed by atoms with E-state index in [4.69, 9.17) is 4.74 Å². The van der Waals surface area contributed by atoms with Crippen LogP contribution in [0.2, 0.25) is 0 Å². The maximum absolute atomic E-state index is 12.2. The van der Waals surface area contributed by atoms with E-state index in [2.05, 4.69) is 10.2 Å². The third-order valence-corrected chi connectivity index (χ3v) is 2.70. The zero-order valence-corrected chi connectivity index (χ0v) is 9.09. The summed E-state index contributed by atoms with van der Waals surface area (Å²) >= 11 is 0. The van der Waals surface area contributed by atoms with Gasteiger partial charge in [-0.1, -0.05) is 12.1 Å². The first kappa shape index (κ1) is 9.89. The van der Waals surface area contributed by atoms with Crippen molar-refractivity contribution >= 4 is 11.6 Å². The minimum Gasteiger partial charge on any atom is -0.490 e. The highest BCUT2D eigenvalue weighted by Crippen LogP contribution is 2.31. The monoisotopic (exact) mass is 229 g/mol. The van der Waals surface area contributed by atoms with E-state index in [-0.39, 0.29) is 5.91 Å². The number of ether oxygens (including phenoxy) is 1. The summed E-state index contributed by atoms with van der Waals surface area (Å²) in [6, 6.07) is 9.19. The molecule has 0 bridgehead atoms. The second-order valence-electron chi connectivity index (χ2n) is 3.74. The number of carbonyl (C=O) groups excluding carboxylic acids is 1. The van der Waals surface area contributed by atoms with E-state index in [9.17, 15) is 4.79 Å². The topological polar surface area (TPSA) is 58.2 Å². The molecule has 0 fully saturated rings. The molecular weight excluding hydrogens is 218 g/mol. The van der Waals surface area contributed by atoms with Crippen molar-refractivity contribution in [2.24, 2.45) is 0 Å². The van der Waals surface area contributed by atoms with Crippen molar-refractivity contribution in [1.82, 2.24) is 10.2 Å². The summed E-state index contributed by atoms with van der Waals surface area (Å²) in [4.78, 5) is 13.9. The molecular formula is C12H11N3O2. The summed E-state index contributed by atoms with van der Waals surface area (Å²) in [7, 11) is 0. The number of nitrogens with zero attached hydrogens (tertiary/aromatic N) is 2. The van der Waals surface area contributed by atoms with E-state index < -0.39 is 0 Å². The number of para-hydroxylation sites is 2. The molecule has 5 heteroatoms. The van der Waals surface area contributed by atoms with Crippen LogP contribution in [-0.4, -0.2) is 29.3 Å². The Bertz CT molecular complexity index is 536. The Hall–Kier alpha value is -2.30. The van der Waals surface area contributed by atoms with E-state index in [1.54, 1.807) is 17.2 Å². The Morgan fingerprint density at radius 1 is 1.35 bits per heavy atom. The summed E-state index contributed by atoms with van der Waals surface area (Å²) in [5.41, 5.74) is 1.29. The van der Waals surface area contributed by atoms with Gasteiger partial charge in [-0.25, -0.2) is 0 Å². The number of aromatic amines is 1. The highest BCUT2D eigenvalue weighted by Gasteiger charge is 2.24. The molecule has 17 heavy (non-hydrogen) atoms. The number of H-pyrrole nitrogens is 1. The SMILES string of the molecule is O=C(c1ccn[nH]1)N1CCOc2ccccc21. The quantitative estimate of drug-likeness (QED) is 0.805. The minimum atomic E-state index is -0.0850. The van der Waals surface area contributed by atoms with Gasteiger partial charge in [-0.15, -0.1) is 0 Å². The largest absolute Gasteiger partial charge is 0.490 e. The molecule has 0 saturated heterocycles. The Balaban J connectivity index is 1.98. The van der Waals surface area contributed by atoms with Gasteiger partial charge < -0.3 is 9.64 Å². The van der Waals surface area contributed by atoms with Gasteiger partial charge in [0.2, 0.25) is 0 Å². The molecule has 1 N–H and O–H groups in total. The number of fused-ring (bicyclic) bond motifs is 1. The van der Waals surface area contributed by atoms with Crippen LogP contribution in [-0.2, 0) is 0 Å². The molecule has 0 atom stereocenters. The number of hydrogen-bond acceptors (Lipinski definition) is 3. The molecule has 0 aliphatic carbocycles. The van der Waals surface area contributed by atoms with E-state index >= 15 is 0 Å².